The number of hydrogen-bond donors (Lipinski definition) is 0. The number of carbonyl (C=O) groups is 1. The van der Waals surface area contributed by atoms with Crippen molar-refractivity contribution in [2.75, 3.05) is 20.3 Å². The van der Waals surface area contributed by atoms with Gasteiger partial charge < -0.3 is 14.2 Å². The van der Waals surface area contributed by atoms with Gasteiger partial charge in [0.2, 0.25) is 0 Å². The molecule has 1 atom stereocenters. The van der Waals surface area contributed by atoms with E-state index in [0.29, 0.717) is 44.3 Å². The first-order chi connectivity index (χ1) is 20.5. The fourth-order valence-corrected chi connectivity index (χ4v) is 6.66. The fraction of sp³-hybridized carbons (Fsp3) is 0.206. The van der Waals surface area contributed by atoms with Crippen LogP contribution in [0.25, 0.3) is 27.6 Å². The van der Waals surface area contributed by atoms with Crippen molar-refractivity contribution < 1.29 is 19.0 Å². The Bertz CT molecular complexity index is 2020. The van der Waals surface area contributed by atoms with Crippen molar-refractivity contribution in [2.45, 2.75) is 26.8 Å². The van der Waals surface area contributed by atoms with Crippen LogP contribution in [0.1, 0.15) is 37.9 Å². The topological polar surface area (TPSA) is 79.1 Å². The highest BCUT2D eigenvalue weighted by atomic mass is 32.1. The number of aromatic nitrogens is 1. The third kappa shape index (κ3) is 4.58. The summed E-state index contributed by atoms with van der Waals surface area (Å²) >= 11 is 1.30. The molecular formula is C34H30N2O5S. The number of fused-ring (bicyclic) bond motifs is 3. The summed E-state index contributed by atoms with van der Waals surface area (Å²) in [6, 6.07) is 23.1. The van der Waals surface area contributed by atoms with Crippen LogP contribution in [0.5, 0.6) is 11.5 Å². The third-order valence-electron chi connectivity index (χ3n) is 7.42. The third-order valence-corrected chi connectivity index (χ3v) is 8.40. The van der Waals surface area contributed by atoms with Crippen molar-refractivity contribution in [3.05, 3.63) is 115 Å². The number of nitrogens with zero attached hydrogens (tertiary/aromatic N) is 2. The Morgan fingerprint density at radius 3 is 2.31 bits per heavy atom. The number of benzene rings is 4. The standard InChI is InChI=1S/C34H30N2O5S/c1-5-40-31-25(16-11-17-27(31)39-4)30-29(33(38)41-6-2)20(3)35-34-36(30)32(37)28(42-34)19-26-23-14-9-7-12-21(23)18-22-13-8-10-15-24(22)26/h7-19,30H,5-6H2,1-4H3/b28-19+/t30-/m0/s1. The molecule has 0 radical (unpaired) electrons. The molecule has 0 bridgehead atoms. The minimum Gasteiger partial charge on any atom is -0.493 e. The fourth-order valence-electron chi connectivity index (χ4n) is 5.63. The quantitative estimate of drug-likeness (QED) is 0.188. The summed E-state index contributed by atoms with van der Waals surface area (Å²) in [5, 5.41) is 4.28. The summed E-state index contributed by atoms with van der Waals surface area (Å²) in [5.74, 6) is 0.457. The van der Waals surface area contributed by atoms with Gasteiger partial charge in [0.05, 0.1) is 36.1 Å². The van der Waals surface area contributed by atoms with Crippen LogP contribution < -0.4 is 24.4 Å². The number of esters is 1. The number of rotatable bonds is 7. The highest BCUT2D eigenvalue weighted by molar-refractivity contribution is 7.07. The van der Waals surface area contributed by atoms with Gasteiger partial charge in [-0.05, 0) is 66.1 Å². The van der Waals surface area contributed by atoms with E-state index in [1.54, 1.807) is 31.6 Å². The SMILES string of the molecule is CCOC(=O)C1=C(C)N=c2s/c(=C/c3c4ccccc4cc4ccccc34)c(=O)n2[C@H]1c1cccc(OC)c1OCC. The molecule has 1 aromatic heterocycles. The summed E-state index contributed by atoms with van der Waals surface area (Å²) in [6.07, 6.45) is 1.95. The number of para-hydroxylation sites is 1. The van der Waals surface area contributed by atoms with Crippen molar-refractivity contribution in [3.8, 4) is 11.5 Å². The summed E-state index contributed by atoms with van der Waals surface area (Å²) in [6.45, 7) is 5.97. The predicted molar refractivity (Wildman–Crippen MR) is 166 cm³/mol. The van der Waals surface area contributed by atoms with Crippen molar-refractivity contribution in [2.24, 2.45) is 4.99 Å². The first kappa shape index (κ1) is 27.5. The highest BCUT2D eigenvalue weighted by Crippen LogP contribution is 2.41. The first-order valence-electron chi connectivity index (χ1n) is 13.9. The number of thiazole rings is 1. The van der Waals surface area contributed by atoms with Crippen LogP contribution in [0.4, 0.5) is 0 Å². The molecule has 0 saturated carbocycles. The van der Waals surface area contributed by atoms with Crippen LogP contribution in [0.2, 0.25) is 0 Å². The van der Waals surface area contributed by atoms with E-state index in [0.717, 1.165) is 27.1 Å². The van der Waals surface area contributed by atoms with Crippen LogP contribution in [0, 0.1) is 0 Å². The van der Waals surface area contributed by atoms with Crippen LogP contribution in [-0.4, -0.2) is 30.9 Å². The lowest BCUT2D eigenvalue weighted by molar-refractivity contribution is -0.139. The van der Waals surface area contributed by atoms with Gasteiger partial charge in [0.15, 0.2) is 16.3 Å². The predicted octanol–water partition coefficient (Wildman–Crippen LogP) is 5.51. The monoisotopic (exact) mass is 578 g/mol. The Morgan fingerprint density at radius 1 is 0.976 bits per heavy atom. The summed E-state index contributed by atoms with van der Waals surface area (Å²) in [4.78, 5) is 33.0. The van der Waals surface area contributed by atoms with Gasteiger partial charge in [-0.1, -0.05) is 72.0 Å². The number of ether oxygens (including phenoxy) is 3. The molecule has 0 fully saturated rings. The minimum absolute atomic E-state index is 0.192. The van der Waals surface area contributed by atoms with Crippen molar-refractivity contribution >= 4 is 44.9 Å². The summed E-state index contributed by atoms with van der Waals surface area (Å²) in [7, 11) is 1.56. The van der Waals surface area contributed by atoms with Crippen molar-refractivity contribution in [1.29, 1.82) is 0 Å². The Kier molecular flexibility index (Phi) is 7.39. The zero-order valence-electron chi connectivity index (χ0n) is 23.8. The molecule has 1 aliphatic rings. The molecule has 42 heavy (non-hydrogen) atoms. The van der Waals surface area contributed by atoms with Crippen LogP contribution >= 0.6 is 11.3 Å². The molecule has 4 aromatic carbocycles. The van der Waals surface area contributed by atoms with E-state index in [4.69, 9.17) is 19.2 Å². The second-order valence-electron chi connectivity index (χ2n) is 9.85. The maximum atomic E-state index is 14.4. The highest BCUT2D eigenvalue weighted by Gasteiger charge is 2.36. The van der Waals surface area contributed by atoms with Gasteiger partial charge in [0.25, 0.3) is 5.56 Å². The Hall–Kier alpha value is -4.69. The molecule has 1 aliphatic heterocycles. The molecule has 7 nitrogen and oxygen atoms in total. The first-order valence-corrected chi connectivity index (χ1v) is 14.7. The van der Waals surface area contributed by atoms with Gasteiger partial charge in [-0.2, -0.15) is 0 Å². The lowest BCUT2D eigenvalue weighted by Gasteiger charge is -2.26. The molecule has 0 aliphatic carbocycles. The molecule has 0 saturated heterocycles. The Balaban J connectivity index is 1.66. The van der Waals surface area contributed by atoms with E-state index >= 15 is 0 Å². The van der Waals surface area contributed by atoms with Gasteiger partial charge >= 0.3 is 5.97 Å². The van der Waals surface area contributed by atoms with Crippen LogP contribution in [-0.2, 0) is 9.53 Å². The molecule has 0 N–H and O–H groups in total. The molecule has 5 aromatic rings. The lowest BCUT2D eigenvalue weighted by atomic mass is 9.94. The van der Waals surface area contributed by atoms with Gasteiger partial charge in [-0.15, -0.1) is 0 Å². The molecule has 0 unspecified atom stereocenters. The van der Waals surface area contributed by atoms with E-state index in [-0.39, 0.29) is 12.2 Å². The zero-order valence-corrected chi connectivity index (χ0v) is 24.7. The van der Waals surface area contributed by atoms with E-state index < -0.39 is 12.0 Å². The average molecular weight is 579 g/mol. The lowest BCUT2D eigenvalue weighted by Crippen LogP contribution is -2.40. The van der Waals surface area contributed by atoms with Crippen LogP contribution in [0.15, 0.2) is 93.9 Å². The van der Waals surface area contributed by atoms with Gasteiger partial charge in [0, 0.05) is 5.56 Å². The number of hydrogen-bond acceptors (Lipinski definition) is 7. The second kappa shape index (κ2) is 11.3. The smallest absolute Gasteiger partial charge is 0.338 e. The average Bonchev–Trinajstić information content (AvgIpc) is 3.30. The zero-order chi connectivity index (χ0) is 29.4. The van der Waals surface area contributed by atoms with E-state index in [2.05, 4.69) is 30.3 Å². The number of allylic oxidation sites excluding steroid dienone is 1. The second-order valence-corrected chi connectivity index (χ2v) is 10.9. The molecule has 6 rings (SSSR count). The molecule has 0 amide bonds. The number of methoxy groups -OCH3 is 1. The van der Waals surface area contributed by atoms with Crippen molar-refractivity contribution in [1.82, 2.24) is 4.57 Å². The van der Waals surface area contributed by atoms with Crippen LogP contribution in [0.3, 0.4) is 0 Å². The van der Waals surface area contributed by atoms with Gasteiger partial charge in [-0.25, -0.2) is 9.79 Å². The minimum atomic E-state index is -0.816. The Labute approximate surface area is 246 Å². The van der Waals surface area contributed by atoms with Gasteiger partial charge in [-0.3, -0.25) is 9.36 Å². The van der Waals surface area contributed by atoms with Gasteiger partial charge in [0.1, 0.15) is 6.04 Å². The molecule has 8 heteroatoms. The van der Waals surface area contributed by atoms with E-state index in [9.17, 15) is 9.59 Å². The normalized spacial score (nSPS) is 15.0. The number of carbonyl (C=O) groups excluding carboxylic acids is 1. The van der Waals surface area contributed by atoms with E-state index in [1.807, 2.05) is 49.4 Å². The largest absolute Gasteiger partial charge is 0.493 e. The Morgan fingerprint density at radius 2 is 1.67 bits per heavy atom. The molecular weight excluding hydrogens is 548 g/mol. The summed E-state index contributed by atoms with van der Waals surface area (Å²) in [5.41, 5.74) is 2.12. The molecule has 212 valence electrons. The summed E-state index contributed by atoms with van der Waals surface area (Å²) < 4.78 is 19.2. The maximum absolute atomic E-state index is 14.4. The molecule has 2 heterocycles. The van der Waals surface area contributed by atoms with E-state index in [1.165, 1.54) is 11.3 Å². The maximum Gasteiger partial charge on any atom is 0.338 e. The van der Waals surface area contributed by atoms with Crippen molar-refractivity contribution in [3.63, 3.8) is 0 Å². The molecule has 0 spiro atoms.